The lowest BCUT2D eigenvalue weighted by Gasteiger charge is -2.07. The summed E-state index contributed by atoms with van der Waals surface area (Å²) >= 11 is 0. The van der Waals surface area contributed by atoms with E-state index in [1.165, 1.54) is 0 Å². The standard InChI is InChI=1S/C16H13N5O2/c22-14(12-9-5-2-6-10-12)19-21-16-17-15(23)13(18-20-16)11-7-3-1-4-8-11/h1-10H,(H,19,22)(H2,17,20,21,23). The summed E-state index contributed by atoms with van der Waals surface area (Å²) in [4.78, 5) is 26.4. The molecule has 3 rings (SSSR count). The molecule has 0 unspecified atom stereocenters. The molecule has 1 amide bonds. The number of nitrogens with zero attached hydrogens (tertiary/aromatic N) is 2. The molecule has 23 heavy (non-hydrogen) atoms. The molecule has 0 aliphatic rings. The summed E-state index contributed by atoms with van der Waals surface area (Å²) in [6.45, 7) is 0. The number of hydrazine groups is 1. The average molecular weight is 307 g/mol. The minimum Gasteiger partial charge on any atom is -0.288 e. The lowest BCUT2D eigenvalue weighted by atomic mass is 10.2. The van der Waals surface area contributed by atoms with E-state index in [0.29, 0.717) is 11.1 Å². The first kappa shape index (κ1) is 14.5. The molecule has 7 heteroatoms. The number of anilines is 1. The molecule has 0 fully saturated rings. The topological polar surface area (TPSA) is 99.8 Å². The van der Waals surface area contributed by atoms with Gasteiger partial charge in [0.05, 0.1) is 0 Å². The number of nitrogens with one attached hydrogen (secondary N) is 3. The predicted octanol–water partition coefficient (Wildman–Crippen LogP) is 1.59. The molecule has 0 spiro atoms. The van der Waals surface area contributed by atoms with Crippen molar-refractivity contribution in [1.29, 1.82) is 0 Å². The minimum absolute atomic E-state index is 0.0546. The van der Waals surface area contributed by atoms with E-state index in [4.69, 9.17) is 0 Å². The number of aromatic amines is 1. The number of benzene rings is 2. The van der Waals surface area contributed by atoms with Gasteiger partial charge in [0.2, 0.25) is 5.95 Å². The Morgan fingerprint density at radius 1 is 0.913 bits per heavy atom. The van der Waals surface area contributed by atoms with E-state index in [0.717, 1.165) is 0 Å². The van der Waals surface area contributed by atoms with Gasteiger partial charge in [0, 0.05) is 11.1 Å². The molecule has 7 nitrogen and oxygen atoms in total. The second kappa shape index (κ2) is 6.52. The van der Waals surface area contributed by atoms with Crippen molar-refractivity contribution in [2.45, 2.75) is 0 Å². The highest BCUT2D eigenvalue weighted by atomic mass is 16.2. The maximum absolute atomic E-state index is 12.0. The van der Waals surface area contributed by atoms with Crippen molar-refractivity contribution in [2.24, 2.45) is 0 Å². The molecule has 0 atom stereocenters. The highest BCUT2D eigenvalue weighted by Gasteiger charge is 2.08. The van der Waals surface area contributed by atoms with Gasteiger partial charge in [0.25, 0.3) is 11.5 Å². The van der Waals surface area contributed by atoms with Gasteiger partial charge in [-0.15, -0.1) is 10.2 Å². The second-order valence-corrected chi connectivity index (χ2v) is 4.66. The van der Waals surface area contributed by atoms with Gasteiger partial charge in [-0.05, 0) is 12.1 Å². The lowest BCUT2D eigenvalue weighted by Crippen LogP contribution is -2.31. The van der Waals surface area contributed by atoms with Crippen LogP contribution in [-0.2, 0) is 0 Å². The van der Waals surface area contributed by atoms with Crippen LogP contribution < -0.4 is 16.4 Å². The fourth-order valence-corrected chi connectivity index (χ4v) is 1.96. The maximum Gasteiger partial charge on any atom is 0.279 e. The lowest BCUT2D eigenvalue weighted by molar-refractivity contribution is 0.0962. The third-order valence-electron chi connectivity index (χ3n) is 3.07. The van der Waals surface area contributed by atoms with Crippen molar-refractivity contribution in [2.75, 3.05) is 5.43 Å². The molecular weight excluding hydrogens is 294 g/mol. The zero-order valence-corrected chi connectivity index (χ0v) is 12.0. The van der Waals surface area contributed by atoms with Crippen molar-refractivity contribution in [3.63, 3.8) is 0 Å². The Hall–Kier alpha value is -3.48. The normalized spacial score (nSPS) is 10.1. The number of rotatable bonds is 4. The van der Waals surface area contributed by atoms with E-state index in [9.17, 15) is 9.59 Å². The van der Waals surface area contributed by atoms with Gasteiger partial charge < -0.3 is 0 Å². The van der Waals surface area contributed by atoms with Crippen LogP contribution in [0.15, 0.2) is 65.5 Å². The molecule has 0 saturated heterocycles. The van der Waals surface area contributed by atoms with E-state index in [2.05, 4.69) is 26.0 Å². The Kier molecular flexibility index (Phi) is 4.10. The van der Waals surface area contributed by atoms with Crippen molar-refractivity contribution in [1.82, 2.24) is 20.6 Å². The Morgan fingerprint density at radius 3 is 2.22 bits per heavy atom. The molecule has 1 aromatic heterocycles. The number of carbonyl (C=O) groups excluding carboxylic acids is 1. The van der Waals surface area contributed by atoms with Crippen LogP contribution in [0.25, 0.3) is 11.3 Å². The average Bonchev–Trinajstić information content (AvgIpc) is 2.61. The van der Waals surface area contributed by atoms with Gasteiger partial charge in [0.1, 0.15) is 0 Å². The SMILES string of the molecule is O=C(NNc1nnc(-c2ccccc2)c(=O)[nH]1)c1ccccc1. The molecular formula is C16H13N5O2. The Bertz CT molecular complexity index is 862. The van der Waals surface area contributed by atoms with E-state index < -0.39 is 5.56 Å². The summed E-state index contributed by atoms with van der Waals surface area (Å²) < 4.78 is 0. The predicted molar refractivity (Wildman–Crippen MR) is 85.6 cm³/mol. The number of carbonyl (C=O) groups is 1. The molecule has 0 aliphatic carbocycles. The summed E-state index contributed by atoms with van der Waals surface area (Å²) in [6, 6.07) is 17.7. The Labute approximate surface area is 131 Å². The number of H-pyrrole nitrogens is 1. The molecule has 114 valence electrons. The Balaban J connectivity index is 1.72. The zero-order valence-electron chi connectivity index (χ0n) is 12.0. The first-order valence-corrected chi connectivity index (χ1v) is 6.88. The van der Waals surface area contributed by atoms with Crippen LogP contribution in [0.2, 0.25) is 0 Å². The molecule has 3 N–H and O–H groups in total. The van der Waals surface area contributed by atoms with Crippen LogP contribution in [0, 0.1) is 0 Å². The van der Waals surface area contributed by atoms with E-state index >= 15 is 0 Å². The Morgan fingerprint density at radius 2 is 1.57 bits per heavy atom. The van der Waals surface area contributed by atoms with Crippen LogP contribution in [-0.4, -0.2) is 21.1 Å². The van der Waals surface area contributed by atoms with E-state index in [1.54, 1.807) is 36.4 Å². The third kappa shape index (κ3) is 3.41. The fourth-order valence-electron chi connectivity index (χ4n) is 1.96. The van der Waals surface area contributed by atoms with Gasteiger partial charge in [-0.2, -0.15) is 0 Å². The number of hydrogen-bond donors (Lipinski definition) is 3. The van der Waals surface area contributed by atoms with Gasteiger partial charge in [-0.25, -0.2) is 0 Å². The molecule has 3 aromatic rings. The molecule has 0 radical (unpaired) electrons. The quantitative estimate of drug-likeness (QED) is 0.636. The molecule has 2 aromatic carbocycles. The highest BCUT2D eigenvalue weighted by Crippen LogP contribution is 2.10. The van der Waals surface area contributed by atoms with E-state index in [1.807, 2.05) is 24.3 Å². The summed E-state index contributed by atoms with van der Waals surface area (Å²) in [5.41, 5.74) is 5.94. The number of hydrogen-bond acceptors (Lipinski definition) is 5. The van der Waals surface area contributed by atoms with Crippen molar-refractivity contribution in [3.05, 3.63) is 76.6 Å². The monoisotopic (exact) mass is 307 g/mol. The van der Waals surface area contributed by atoms with Crippen LogP contribution in [0.1, 0.15) is 10.4 Å². The van der Waals surface area contributed by atoms with Gasteiger partial charge >= 0.3 is 0 Å². The van der Waals surface area contributed by atoms with Crippen LogP contribution >= 0.6 is 0 Å². The van der Waals surface area contributed by atoms with Gasteiger partial charge in [0.15, 0.2) is 5.69 Å². The fraction of sp³-hybridized carbons (Fsp3) is 0. The van der Waals surface area contributed by atoms with Gasteiger partial charge in [-0.3, -0.25) is 25.4 Å². The molecule has 0 aliphatic heterocycles. The largest absolute Gasteiger partial charge is 0.288 e. The number of amides is 1. The second-order valence-electron chi connectivity index (χ2n) is 4.66. The van der Waals surface area contributed by atoms with Crippen LogP contribution in [0.5, 0.6) is 0 Å². The van der Waals surface area contributed by atoms with Crippen LogP contribution in [0.3, 0.4) is 0 Å². The summed E-state index contributed by atoms with van der Waals surface area (Å²) in [5, 5.41) is 7.74. The summed E-state index contributed by atoms with van der Waals surface area (Å²) in [7, 11) is 0. The van der Waals surface area contributed by atoms with Crippen LogP contribution in [0.4, 0.5) is 5.95 Å². The summed E-state index contributed by atoms with van der Waals surface area (Å²) in [5.74, 6) is -0.292. The smallest absolute Gasteiger partial charge is 0.279 e. The van der Waals surface area contributed by atoms with Crippen molar-refractivity contribution < 1.29 is 4.79 Å². The first-order valence-electron chi connectivity index (χ1n) is 6.88. The zero-order chi connectivity index (χ0) is 16.1. The summed E-state index contributed by atoms with van der Waals surface area (Å²) in [6.07, 6.45) is 0. The maximum atomic E-state index is 12.0. The van der Waals surface area contributed by atoms with Crippen molar-refractivity contribution >= 4 is 11.9 Å². The molecule has 0 bridgehead atoms. The number of aromatic nitrogens is 3. The van der Waals surface area contributed by atoms with E-state index in [-0.39, 0.29) is 17.5 Å². The first-order chi connectivity index (χ1) is 11.2. The minimum atomic E-state index is -0.400. The highest BCUT2D eigenvalue weighted by molar-refractivity contribution is 5.94. The van der Waals surface area contributed by atoms with Crippen molar-refractivity contribution in [3.8, 4) is 11.3 Å². The molecule has 0 saturated carbocycles. The molecule has 1 heterocycles. The third-order valence-corrected chi connectivity index (χ3v) is 3.07. The van der Waals surface area contributed by atoms with Gasteiger partial charge in [-0.1, -0.05) is 48.5 Å².